The summed E-state index contributed by atoms with van der Waals surface area (Å²) in [6.07, 6.45) is 6.48. The summed E-state index contributed by atoms with van der Waals surface area (Å²) in [5, 5.41) is 9.35. The molecule has 0 aromatic carbocycles. The molecule has 1 aromatic rings. The fourth-order valence-corrected chi connectivity index (χ4v) is 4.38. The molecule has 0 spiro atoms. The zero-order valence-electron chi connectivity index (χ0n) is 11.9. The van der Waals surface area contributed by atoms with Crippen LogP contribution in [-0.4, -0.2) is 36.1 Å². The largest absolute Gasteiger partial charge is 0.390 e. The molecule has 7 heteroatoms. The highest BCUT2D eigenvalue weighted by Crippen LogP contribution is 2.37. The Labute approximate surface area is 124 Å². The molecule has 0 aliphatic heterocycles. The summed E-state index contributed by atoms with van der Waals surface area (Å²) in [6.45, 7) is 1.84. The van der Waals surface area contributed by atoms with Crippen molar-refractivity contribution in [3.63, 3.8) is 0 Å². The van der Waals surface area contributed by atoms with Crippen molar-refractivity contribution in [2.45, 2.75) is 49.8 Å². The molecule has 2 rings (SSSR count). The predicted octanol–water partition coefficient (Wildman–Crippen LogP) is 1.74. The van der Waals surface area contributed by atoms with Crippen LogP contribution in [0.1, 0.15) is 37.9 Å². The van der Waals surface area contributed by atoms with Crippen LogP contribution in [0.3, 0.4) is 0 Å². The molecule has 1 fully saturated rings. The second-order valence-corrected chi connectivity index (χ2v) is 7.77. The second kappa shape index (κ2) is 6.51. The van der Waals surface area contributed by atoms with Crippen molar-refractivity contribution in [3.8, 4) is 0 Å². The van der Waals surface area contributed by atoms with Crippen molar-refractivity contribution in [1.82, 2.24) is 9.29 Å². The zero-order chi connectivity index (χ0) is 14.8. The van der Waals surface area contributed by atoms with E-state index in [9.17, 15) is 13.5 Å². The maximum Gasteiger partial charge on any atom is 0.242 e. The lowest BCUT2D eigenvalue weighted by atomic mass is 10.3. The van der Waals surface area contributed by atoms with E-state index >= 15 is 0 Å². The molecular formula is C13H22N2O3S2. The minimum absolute atomic E-state index is 0.0585. The Hall–Kier alpha value is -0.500. The molecule has 1 aliphatic rings. The third-order valence-corrected chi connectivity index (χ3v) is 5.73. The van der Waals surface area contributed by atoms with Gasteiger partial charge in [0.25, 0.3) is 0 Å². The van der Waals surface area contributed by atoms with E-state index in [2.05, 4.69) is 4.72 Å². The Morgan fingerprint density at radius 3 is 2.75 bits per heavy atom. The number of sulfonamides is 1. The fourth-order valence-electron chi connectivity index (χ4n) is 2.19. The first-order valence-corrected chi connectivity index (χ1v) is 9.72. The molecule has 2 N–H and O–H groups in total. The maximum atomic E-state index is 12.4. The molecule has 0 saturated heterocycles. The lowest BCUT2D eigenvalue weighted by Crippen LogP contribution is -2.35. The highest BCUT2D eigenvalue weighted by Gasteiger charge is 2.28. The molecule has 1 unspecified atom stereocenters. The zero-order valence-corrected chi connectivity index (χ0v) is 13.5. The van der Waals surface area contributed by atoms with E-state index < -0.39 is 10.0 Å². The van der Waals surface area contributed by atoms with Gasteiger partial charge in [0.15, 0.2) is 0 Å². The third kappa shape index (κ3) is 3.58. The summed E-state index contributed by atoms with van der Waals surface area (Å²) >= 11 is 1.63. The van der Waals surface area contributed by atoms with Crippen LogP contribution in [0.15, 0.2) is 17.2 Å². The van der Waals surface area contributed by atoms with Crippen molar-refractivity contribution < 1.29 is 13.5 Å². The first-order valence-electron chi connectivity index (χ1n) is 6.84. The van der Waals surface area contributed by atoms with Crippen LogP contribution in [0, 0.1) is 0 Å². The molecule has 0 amide bonds. The highest BCUT2D eigenvalue weighted by atomic mass is 32.2. The molecule has 114 valence electrons. The smallest absolute Gasteiger partial charge is 0.242 e. The standard InChI is InChI=1S/C13H22N2O3S2/c1-3-10(9-19-2)14-20(17,18)13-6-12(8-16)15(7-13)11-4-5-11/h6-7,10-11,14,16H,3-5,8-9H2,1-2H3. The molecule has 1 saturated carbocycles. The normalized spacial score (nSPS) is 17.4. The average Bonchev–Trinajstić information content (AvgIpc) is 3.16. The monoisotopic (exact) mass is 318 g/mol. The van der Waals surface area contributed by atoms with E-state index in [0.29, 0.717) is 11.7 Å². The van der Waals surface area contributed by atoms with Gasteiger partial charge in [-0.3, -0.25) is 0 Å². The van der Waals surface area contributed by atoms with Gasteiger partial charge in [0.1, 0.15) is 0 Å². The first kappa shape index (κ1) is 15.9. The van der Waals surface area contributed by atoms with E-state index in [1.54, 1.807) is 24.0 Å². The quantitative estimate of drug-likeness (QED) is 0.766. The van der Waals surface area contributed by atoms with Crippen LogP contribution in [0.2, 0.25) is 0 Å². The number of nitrogens with one attached hydrogen (secondary N) is 1. The highest BCUT2D eigenvalue weighted by molar-refractivity contribution is 7.98. The summed E-state index contributed by atoms with van der Waals surface area (Å²) in [5.41, 5.74) is 0.672. The van der Waals surface area contributed by atoms with Gasteiger partial charge in [-0.05, 0) is 31.6 Å². The Balaban J connectivity index is 2.20. The Kier molecular flexibility index (Phi) is 5.17. The minimum Gasteiger partial charge on any atom is -0.390 e. The lowest BCUT2D eigenvalue weighted by Gasteiger charge is -2.15. The van der Waals surface area contributed by atoms with Crippen LogP contribution in [0.25, 0.3) is 0 Å². The molecule has 0 bridgehead atoms. The lowest BCUT2D eigenvalue weighted by molar-refractivity contribution is 0.270. The van der Waals surface area contributed by atoms with Crippen molar-refractivity contribution in [2.24, 2.45) is 0 Å². The van der Waals surface area contributed by atoms with E-state index in [1.165, 1.54) is 0 Å². The average molecular weight is 318 g/mol. The van der Waals surface area contributed by atoms with Gasteiger partial charge in [0, 0.05) is 29.7 Å². The van der Waals surface area contributed by atoms with Gasteiger partial charge < -0.3 is 9.67 Å². The number of nitrogens with zero attached hydrogens (tertiary/aromatic N) is 1. The number of aromatic nitrogens is 1. The molecule has 1 aliphatic carbocycles. The number of hydrogen-bond acceptors (Lipinski definition) is 4. The van der Waals surface area contributed by atoms with Crippen LogP contribution in [0.4, 0.5) is 0 Å². The summed E-state index contributed by atoms with van der Waals surface area (Å²) in [7, 11) is -3.51. The number of hydrogen-bond donors (Lipinski definition) is 2. The molecule has 5 nitrogen and oxygen atoms in total. The maximum absolute atomic E-state index is 12.4. The van der Waals surface area contributed by atoms with Crippen molar-refractivity contribution in [1.29, 1.82) is 0 Å². The van der Waals surface area contributed by atoms with Gasteiger partial charge in [0.2, 0.25) is 10.0 Å². The van der Waals surface area contributed by atoms with Crippen LogP contribution >= 0.6 is 11.8 Å². The van der Waals surface area contributed by atoms with Crippen LogP contribution < -0.4 is 4.72 Å². The van der Waals surface area contributed by atoms with Crippen LogP contribution in [0.5, 0.6) is 0 Å². The molecule has 20 heavy (non-hydrogen) atoms. The Morgan fingerprint density at radius 1 is 1.55 bits per heavy atom. The number of rotatable bonds is 8. The van der Waals surface area contributed by atoms with Crippen molar-refractivity contribution >= 4 is 21.8 Å². The molecule has 1 atom stereocenters. The van der Waals surface area contributed by atoms with Gasteiger partial charge in [-0.15, -0.1) is 0 Å². The SMILES string of the molecule is CCC(CSC)NS(=O)(=O)c1cc(CO)n(C2CC2)c1. The third-order valence-electron chi connectivity index (χ3n) is 3.50. The van der Waals surface area contributed by atoms with E-state index in [-0.39, 0.29) is 17.5 Å². The van der Waals surface area contributed by atoms with Gasteiger partial charge in [0.05, 0.1) is 11.5 Å². The van der Waals surface area contributed by atoms with Crippen molar-refractivity contribution in [2.75, 3.05) is 12.0 Å². The summed E-state index contributed by atoms with van der Waals surface area (Å²) in [5.74, 6) is 0.756. The summed E-state index contributed by atoms with van der Waals surface area (Å²) in [6, 6.07) is 1.87. The Morgan fingerprint density at radius 2 is 2.25 bits per heavy atom. The first-order chi connectivity index (χ1) is 9.51. The van der Waals surface area contributed by atoms with E-state index in [1.807, 2.05) is 17.7 Å². The minimum atomic E-state index is -3.51. The van der Waals surface area contributed by atoms with Crippen molar-refractivity contribution in [3.05, 3.63) is 18.0 Å². The van der Waals surface area contributed by atoms with E-state index in [4.69, 9.17) is 0 Å². The number of aliphatic hydroxyl groups is 1. The molecule has 1 heterocycles. The fraction of sp³-hybridized carbons (Fsp3) is 0.692. The number of thioether (sulfide) groups is 1. The molecular weight excluding hydrogens is 296 g/mol. The summed E-state index contributed by atoms with van der Waals surface area (Å²) < 4.78 is 29.4. The van der Waals surface area contributed by atoms with Gasteiger partial charge in [-0.25, -0.2) is 13.1 Å². The van der Waals surface area contributed by atoms with Gasteiger partial charge in [-0.1, -0.05) is 6.92 Å². The molecule has 0 radical (unpaired) electrons. The molecule has 1 aromatic heterocycles. The second-order valence-electron chi connectivity index (χ2n) is 5.15. The number of aliphatic hydroxyl groups excluding tert-OH is 1. The topological polar surface area (TPSA) is 71.3 Å². The van der Waals surface area contributed by atoms with E-state index in [0.717, 1.165) is 25.0 Å². The predicted molar refractivity (Wildman–Crippen MR) is 81.4 cm³/mol. The summed E-state index contributed by atoms with van der Waals surface area (Å²) in [4.78, 5) is 0.257. The Bertz CT molecular complexity index is 550. The van der Waals surface area contributed by atoms with Crippen LogP contribution in [-0.2, 0) is 16.6 Å². The van der Waals surface area contributed by atoms with Gasteiger partial charge >= 0.3 is 0 Å². The van der Waals surface area contributed by atoms with Gasteiger partial charge in [-0.2, -0.15) is 11.8 Å².